The van der Waals surface area contributed by atoms with Gasteiger partial charge in [-0.25, -0.2) is 9.59 Å². The molecule has 5 nitrogen and oxygen atoms in total. The summed E-state index contributed by atoms with van der Waals surface area (Å²) in [5, 5.41) is 16.6. The van der Waals surface area contributed by atoms with E-state index in [0.717, 1.165) is 12.2 Å². The fraction of sp³-hybridized carbons (Fsp3) is 0.143. The number of nitrogens with two attached hydrogens (primary N) is 1. The molecule has 0 saturated carbocycles. The van der Waals surface area contributed by atoms with Crippen LogP contribution in [0.4, 0.5) is 0 Å². The van der Waals surface area contributed by atoms with E-state index in [1.165, 1.54) is 6.08 Å². The van der Waals surface area contributed by atoms with Crippen LogP contribution in [0, 0.1) is 0 Å². The summed E-state index contributed by atoms with van der Waals surface area (Å²) in [6, 6.07) is 0. The van der Waals surface area contributed by atoms with Crippen LogP contribution in [0.15, 0.2) is 23.8 Å². The van der Waals surface area contributed by atoms with E-state index in [-0.39, 0.29) is 12.1 Å². The smallest absolute Gasteiger partial charge is 0.335 e. The Labute approximate surface area is 68.8 Å². The van der Waals surface area contributed by atoms with Gasteiger partial charge >= 0.3 is 11.9 Å². The van der Waals surface area contributed by atoms with Crippen molar-refractivity contribution in [2.45, 2.75) is 0 Å². The van der Waals surface area contributed by atoms with Crippen LogP contribution in [0.2, 0.25) is 0 Å². The van der Waals surface area contributed by atoms with Crippen LogP contribution in [-0.2, 0) is 9.59 Å². The zero-order valence-corrected chi connectivity index (χ0v) is 6.23. The van der Waals surface area contributed by atoms with Crippen LogP contribution in [0.3, 0.4) is 0 Å². The van der Waals surface area contributed by atoms with Crippen LogP contribution in [-0.4, -0.2) is 28.7 Å². The molecular weight excluding hydrogens is 162 g/mol. The predicted octanol–water partition coefficient (Wildman–Crippen LogP) is -0.403. The molecule has 0 spiro atoms. The lowest BCUT2D eigenvalue weighted by Crippen LogP contribution is -2.03. The SMILES string of the molecule is NC/C=C(/C=C/C(=O)O)C(=O)O. The first-order chi connectivity index (χ1) is 5.57. The Kier molecular flexibility index (Phi) is 4.40. The van der Waals surface area contributed by atoms with Crippen molar-refractivity contribution in [3.05, 3.63) is 23.8 Å². The van der Waals surface area contributed by atoms with E-state index in [0.29, 0.717) is 0 Å². The molecule has 4 N–H and O–H groups in total. The van der Waals surface area contributed by atoms with Crippen molar-refractivity contribution < 1.29 is 19.8 Å². The fourth-order valence-corrected chi connectivity index (χ4v) is 0.515. The average molecular weight is 171 g/mol. The predicted molar refractivity (Wildman–Crippen MR) is 41.5 cm³/mol. The number of rotatable bonds is 4. The first-order valence-electron chi connectivity index (χ1n) is 3.12. The van der Waals surface area contributed by atoms with Crippen molar-refractivity contribution in [3.63, 3.8) is 0 Å². The summed E-state index contributed by atoms with van der Waals surface area (Å²) in [5.74, 6) is -2.39. The molecule has 0 saturated heterocycles. The first kappa shape index (κ1) is 10.4. The molecule has 0 aliphatic carbocycles. The lowest BCUT2D eigenvalue weighted by atomic mass is 10.2. The molecular formula is C7H9NO4. The van der Waals surface area contributed by atoms with Gasteiger partial charge in [0.25, 0.3) is 0 Å². The van der Waals surface area contributed by atoms with Gasteiger partial charge in [-0.05, 0) is 6.08 Å². The van der Waals surface area contributed by atoms with Gasteiger partial charge in [0, 0.05) is 12.6 Å². The minimum absolute atomic E-state index is 0.0611. The average Bonchev–Trinajstić information content (AvgIpc) is 1.96. The summed E-state index contributed by atoms with van der Waals surface area (Å²) in [5.41, 5.74) is 4.93. The van der Waals surface area contributed by atoms with Crippen LogP contribution in [0.5, 0.6) is 0 Å². The quantitative estimate of drug-likeness (QED) is 0.394. The number of hydrogen-bond acceptors (Lipinski definition) is 3. The Morgan fingerprint density at radius 3 is 2.17 bits per heavy atom. The zero-order valence-electron chi connectivity index (χ0n) is 6.23. The van der Waals surface area contributed by atoms with E-state index in [1.807, 2.05) is 0 Å². The van der Waals surface area contributed by atoms with Gasteiger partial charge in [0.05, 0.1) is 5.57 Å². The van der Waals surface area contributed by atoms with Gasteiger partial charge < -0.3 is 15.9 Å². The number of hydrogen-bond donors (Lipinski definition) is 3. The third-order valence-electron chi connectivity index (χ3n) is 0.990. The third-order valence-corrected chi connectivity index (χ3v) is 0.990. The van der Waals surface area contributed by atoms with Crippen molar-refractivity contribution in [2.24, 2.45) is 5.73 Å². The van der Waals surface area contributed by atoms with Crippen molar-refractivity contribution >= 4 is 11.9 Å². The Hall–Kier alpha value is -1.62. The van der Waals surface area contributed by atoms with Crippen molar-refractivity contribution in [1.29, 1.82) is 0 Å². The highest BCUT2D eigenvalue weighted by Crippen LogP contribution is 1.95. The summed E-state index contributed by atoms with van der Waals surface area (Å²) in [4.78, 5) is 20.3. The van der Waals surface area contributed by atoms with Gasteiger partial charge in [-0.1, -0.05) is 6.08 Å². The summed E-state index contributed by atoms with van der Waals surface area (Å²) in [7, 11) is 0. The number of aliphatic carboxylic acids is 2. The molecule has 0 aliphatic heterocycles. The van der Waals surface area contributed by atoms with Gasteiger partial charge in [-0.3, -0.25) is 0 Å². The molecule has 0 fully saturated rings. The van der Waals surface area contributed by atoms with Crippen LogP contribution in [0.25, 0.3) is 0 Å². The molecule has 0 unspecified atom stereocenters. The van der Waals surface area contributed by atoms with E-state index >= 15 is 0 Å². The second-order valence-electron chi connectivity index (χ2n) is 1.87. The van der Waals surface area contributed by atoms with E-state index in [9.17, 15) is 9.59 Å². The molecule has 0 heterocycles. The number of carbonyl (C=O) groups is 2. The minimum atomic E-state index is -1.20. The van der Waals surface area contributed by atoms with Crippen LogP contribution < -0.4 is 5.73 Å². The van der Waals surface area contributed by atoms with E-state index in [1.54, 1.807) is 0 Å². The van der Waals surface area contributed by atoms with Crippen molar-refractivity contribution in [3.8, 4) is 0 Å². The molecule has 12 heavy (non-hydrogen) atoms. The summed E-state index contributed by atoms with van der Waals surface area (Å²) in [6.45, 7) is 0.0611. The lowest BCUT2D eigenvalue weighted by Gasteiger charge is -1.91. The van der Waals surface area contributed by atoms with Crippen LogP contribution in [0.1, 0.15) is 0 Å². The molecule has 0 aromatic rings. The van der Waals surface area contributed by atoms with Gasteiger partial charge in [-0.15, -0.1) is 0 Å². The van der Waals surface area contributed by atoms with E-state index in [4.69, 9.17) is 15.9 Å². The fourth-order valence-electron chi connectivity index (χ4n) is 0.515. The minimum Gasteiger partial charge on any atom is -0.478 e. The molecule has 66 valence electrons. The highest BCUT2D eigenvalue weighted by Gasteiger charge is 2.01. The third kappa shape index (κ3) is 4.24. The topological polar surface area (TPSA) is 101 Å². The Morgan fingerprint density at radius 2 is 1.83 bits per heavy atom. The Balaban J connectivity index is 4.45. The number of carboxylic acid groups (broad SMARTS) is 2. The highest BCUT2D eigenvalue weighted by atomic mass is 16.4. The molecule has 0 aromatic carbocycles. The van der Waals surface area contributed by atoms with Gasteiger partial charge in [0.2, 0.25) is 0 Å². The van der Waals surface area contributed by atoms with Crippen molar-refractivity contribution in [2.75, 3.05) is 6.54 Å². The summed E-state index contributed by atoms with van der Waals surface area (Å²) >= 11 is 0. The lowest BCUT2D eigenvalue weighted by molar-refractivity contribution is -0.132. The monoisotopic (exact) mass is 171 g/mol. The van der Waals surface area contributed by atoms with Crippen LogP contribution >= 0.6 is 0 Å². The highest BCUT2D eigenvalue weighted by molar-refractivity contribution is 5.92. The largest absolute Gasteiger partial charge is 0.478 e. The Bertz CT molecular complexity index is 242. The normalized spacial score (nSPS) is 11.9. The van der Waals surface area contributed by atoms with E-state index in [2.05, 4.69) is 0 Å². The maximum absolute atomic E-state index is 10.3. The second kappa shape index (κ2) is 5.09. The maximum atomic E-state index is 10.3. The van der Waals surface area contributed by atoms with Crippen molar-refractivity contribution in [1.82, 2.24) is 0 Å². The standard InChI is InChI=1S/C7H9NO4/c8-4-3-5(7(11)12)1-2-6(9)10/h1-3H,4,8H2,(H,9,10)(H,11,12)/b2-1+,5-3-. The maximum Gasteiger partial charge on any atom is 0.335 e. The Morgan fingerprint density at radius 1 is 1.25 bits per heavy atom. The molecule has 0 radical (unpaired) electrons. The van der Waals surface area contributed by atoms with E-state index < -0.39 is 11.9 Å². The molecule has 0 aromatic heterocycles. The molecule has 0 amide bonds. The molecule has 0 bridgehead atoms. The van der Waals surface area contributed by atoms with Gasteiger partial charge in [0.15, 0.2) is 0 Å². The molecule has 0 atom stereocenters. The second-order valence-corrected chi connectivity index (χ2v) is 1.87. The number of carboxylic acids is 2. The molecule has 0 rings (SSSR count). The first-order valence-corrected chi connectivity index (χ1v) is 3.12. The van der Waals surface area contributed by atoms with Gasteiger partial charge in [-0.2, -0.15) is 0 Å². The van der Waals surface area contributed by atoms with Gasteiger partial charge in [0.1, 0.15) is 0 Å². The molecule has 0 aliphatic rings. The summed E-state index contributed by atoms with van der Waals surface area (Å²) < 4.78 is 0. The molecule has 5 heteroatoms. The summed E-state index contributed by atoms with van der Waals surface area (Å²) in [6.07, 6.45) is 2.95. The zero-order chi connectivity index (χ0) is 9.56.